The van der Waals surface area contributed by atoms with Gasteiger partial charge in [0.05, 0.1) is 18.4 Å². The summed E-state index contributed by atoms with van der Waals surface area (Å²) in [6.07, 6.45) is 3.93. The van der Waals surface area contributed by atoms with E-state index in [4.69, 9.17) is 11.6 Å². The summed E-state index contributed by atoms with van der Waals surface area (Å²) in [5.74, 6) is -2.08. The number of aromatic nitrogens is 5. The van der Waals surface area contributed by atoms with E-state index in [-0.39, 0.29) is 17.2 Å². The molecule has 0 aliphatic rings. The molecule has 2 N–H and O–H groups in total. The van der Waals surface area contributed by atoms with Gasteiger partial charge in [-0.15, -0.1) is 0 Å². The van der Waals surface area contributed by atoms with Crippen LogP contribution in [0, 0.1) is 11.3 Å². The third-order valence-electron chi connectivity index (χ3n) is 5.36. The maximum Gasteiger partial charge on any atom is 0.296 e. The van der Waals surface area contributed by atoms with Gasteiger partial charge in [0.1, 0.15) is 29.5 Å². The van der Waals surface area contributed by atoms with Crippen molar-refractivity contribution in [3.8, 4) is 11.8 Å². The molecule has 0 radical (unpaired) electrons. The Bertz CT molecular complexity index is 1450. The SMILES string of the molecule is C[C@@H](c1nc(C(=O)Nc2cnoc2)c(O)c(=O)n1C)[C@H](c1ccccc1Cl)n1nccc1C#N. The normalized spacial score (nSPS) is 12.6. The van der Waals surface area contributed by atoms with Crippen molar-refractivity contribution < 1.29 is 14.4 Å². The lowest BCUT2D eigenvalue weighted by atomic mass is 9.93. The van der Waals surface area contributed by atoms with Gasteiger partial charge in [0.15, 0.2) is 5.69 Å². The summed E-state index contributed by atoms with van der Waals surface area (Å²) in [6.45, 7) is 1.76. The van der Waals surface area contributed by atoms with Crippen LogP contribution in [0.5, 0.6) is 5.75 Å². The fourth-order valence-electron chi connectivity index (χ4n) is 3.72. The largest absolute Gasteiger partial charge is 0.501 e. The van der Waals surface area contributed by atoms with Crippen LogP contribution in [0.25, 0.3) is 0 Å². The minimum absolute atomic E-state index is 0.169. The van der Waals surface area contributed by atoms with Crippen molar-refractivity contribution in [3.63, 3.8) is 0 Å². The van der Waals surface area contributed by atoms with Gasteiger partial charge in [0.2, 0.25) is 5.75 Å². The lowest BCUT2D eigenvalue weighted by Gasteiger charge is -2.27. The van der Waals surface area contributed by atoms with Crippen molar-refractivity contribution in [3.05, 3.63) is 87.1 Å². The van der Waals surface area contributed by atoms with E-state index in [0.717, 1.165) is 4.57 Å². The summed E-state index contributed by atoms with van der Waals surface area (Å²) in [5.41, 5.74) is -0.150. The fraction of sp³-hybridized carbons (Fsp3) is 0.182. The molecule has 1 aromatic carbocycles. The number of rotatable bonds is 6. The van der Waals surface area contributed by atoms with Crippen LogP contribution in [-0.4, -0.2) is 35.5 Å². The molecule has 172 valence electrons. The number of nitrogens with one attached hydrogen (secondary N) is 1. The van der Waals surface area contributed by atoms with E-state index in [2.05, 4.69) is 31.1 Å². The predicted octanol–water partition coefficient (Wildman–Crippen LogP) is 2.84. The molecule has 4 aromatic rings. The second kappa shape index (κ2) is 9.21. The Hall–Kier alpha value is -4.43. The van der Waals surface area contributed by atoms with Gasteiger partial charge in [0.25, 0.3) is 11.5 Å². The predicted molar refractivity (Wildman–Crippen MR) is 121 cm³/mol. The van der Waals surface area contributed by atoms with Crippen LogP contribution in [-0.2, 0) is 7.05 Å². The average molecular weight is 480 g/mol. The molecule has 3 aromatic heterocycles. The number of aromatic hydroxyl groups is 1. The Balaban J connectivity index is 1.86. The van der Waals surface area contributed by atoms with E-state index in [0.29, 0.717) is 10.6 Å². The summed E-state index contributed by atoms with van der Waals surface area (Å²) in [6, 6.07) is 10.0. The molecule has 4 rings (SSSR count). The van der Waals surface area contributed by atoms with Crippen molar-refractivity contribution in [2.45, 2.75) is 18.9 Å². The minimum atomic E-state index is -0.821. The van der Waals surface area contributed by atoms with Gasteiger partial charge in [-0.25, -0.2) is 9.67 Å². The van der Waals surface area contributed by atoms with Crippen molar-refractivity contribution in [2.75, 3.05) is 5.32 Å². The maximum atomic E-state index is 12.8. The first-order chi connectivity index (χ1) is 16.3. The first-order valence-corrected chi connectivity index (χ1v) is 10.4. The second-order valence-corrected chi connectivity index (χ2v) is 7.83. The van der Waals surface area contributed by atoms with Crippen LogP contribution in [0.1, 0.15) is 46.5 Å². The number of carbonyl (C=O) groups is 1. The highest BCUT2D eigenvalue weighted by molar-refractivity contribution is 6.31. The van der Waals surface area contributed by atoms with Crippen LogP contribution in [0.2, 0.25) is 5.02 Å². The third-order valence-corrected chi connectivity index (χ3v) is 5.70. The Labute approximate surface area is 197 Å². The number of halogens is 1. The highest BCUT2D eigenvalue weighted by Crippen LogP contribution is 2.37. The van der Waals surface area contributed by atoms with Gasteiger partial charge < -0.3 is 14.9 Å². The summed E-state index contributed by atoms with van der Waals surface area (Å²) in [4.78, 5) is 29.9. The lowest BCUT2D eigenvalue weighted by molar-refractivity contribution is 0.101. The molecule has 12 heteroatoms. The summed E-state index contributed by atoms with van der Waals surface area (Å²) in [5, 5.41) is 30.6. The molecule has 1 amide bonds. The number of anilines is 1. The second-order valence-electron chi connectivity index (χ2n) is 7.43. The highest BCUT2D eigenvalue weighted by atomic mass is 35.5. The first-order valence-electron chi connectivity index (χ1n) is 10.0. The summed E-state index contributed by atoms with van der Waals surface area (Å²) in [7, 11) is 1.43. The molecule has 0 saturated heterocycles. The standard InChI is InChI=1S/C22H18ClN7O4/c1-12(18(15-5-3-4-6-16(15)23)30-14(9-24)7-8-25-30)20-28-17(19(31)22(33)29(20)2)21(32)27-13-10-26-34-11-13/h3-8,10-12,18,31H,1-2H3,(H,27,32)/t12-,18-/m1/s1. The van der Waals surface area contributed by atoms with Gasteiger partial charge in [0, 0.05) is 18.0 Å². The number of amides is 1. The van der Waals surface area contributed by atoms with Gasteiger partial charge in [-0.2, -0.15) is 10.4 Å². The van der Waals surface area contributed by atoms with Crippen molar-refractivity contribution in [2.24, 2.45) is 7.05 Å². The number of nitrogens with zero attached hydrogens (tertiary/aromatic N) is 6. The minimum Gasteiger partial charge on any atom is -0.501 e. The zero-order valence-electron chi connectivity index (χ0n) is 18.0. The number of benzene rings is 1. The van der Waals surface area contributed by atoms with Gasteiger partial charge >= 0.3 is 0 Å². The van der Waals surface area contributed by atoms with E-state index in [1.54, 1.807) is 37.3 Å². The molecule has 0 bridgehead atoms. The highest BCUT2D eigenvalue weighted by Gasteiger charge is 2.32. The Morgan fingerprint density at radius 3 is 2.76 bits per heavy atom. The molecule has 0 spiro atoms. The monoisotopic (exact) mass is 479 g/mol. The van der Waals surface area contributed by atoms with E-state index in [1.807, 2.05) is 0 Å². The molecular weight excluding hydrogens is 462 g/mol. The van der Waals surface area contributed by atoms with Crippen molar-refractivity contribution >= 4 is 23.2 Å². The fourth-order valence-corrected chi connectivity index (χ4v) is 3.97. The van der Waals surface area contributed by atoms with E-state index < -0.39 is 34.9 Å². The number of hydrogen-bond donors (Lipinski definition) is 2. The van der Waals surface area contributed by atoms with Gasteiger partial charge in [-0.05, 0) is 17.7 Å². The van der Waals surface area contributed by atoms with Crippen molar-refractivity contribution in [1.29, 1.82) is 5.26 Å². The average Bonchev–Trinajstić information content (AvgIpc) is 3.51. The Morgan fingerprint density at radius 1 is 1.32 bits per heavy atom. The van der Waals surface area contributed by atoms with Gasteiger partial charge in [-0.3, -0.25) is 14.2 Å². The van der Waals surface area contributed by atoms with Crippen molar-refractivity contribution in [1.82, 2.24) is 24.5 Å². The topological polar surface area (TPSA) is 152 Å². The zero-order valence-corrected chi connectivity index (χ0v) is 18.8. The molecule has 11 nitrogen and oxygen atoms in total. The van der Waals surface area contributed by atoms with Crippen LogP contribution in [0.3, 0.4) is 0 Å². The molecule has 0 aliphatic heterocycles. The summed E-state index contributed by atoms with van der Waals surface area (Å²) >= 11 is 6.49. The lowest BCUT2D eigenvalue weighted by Crippen LogP contribution is -2.31. The third kappa shape index (κ3) is 4.02. The van der Waals surface area contributed by atoms with Crippen LogP contribution < -0.4 is 10.9 Å². The van der Waals surface area contributed by atoms with E-state index in [9.17, 15) is 20.0 Å². The smallest absolute Gasteiger partial charge is 0.296 e. The zero-order chi connectivity index (χ0) is 24.4. The number of carbonyl (C=O) groups excluding carboxylic acids is 1. The number of nitriles is 1. The molecule has 2 atom stereocenters. The Kier molecular flexibility index (Phi) is 6.16. The van der Waals surface area contributed by atoms with Crippen LogP contribution in [0.4, 0.5) is 5.69 Å². The van der Waals surface area contributed by atoms with Crippen LogP contribution in [0.15, 0.2) is 58.3 Å². The quantitative estimate of drug-likeness (QED) is 0.428. The molecule has 34 heavy (non-hydrogen) atoms. The maximum absolute atomic E-state index is 12.8. The molecule has 0 aliphatic carbocycles. The van der Waals surface area contributed by atoms with E-state index in [1.165, 1.54) is 30.4 Å². The molecular formula is C22H18ClN7O4. The number of hydrogen-bond acceptors (Lipinski definition) is 8. The first kappa shape index (κ1) is 22.8. The van der Waals surface area contributed by atoms with Crippen LogP contribution >= 0.6 is 11.6 Å². The molecule has 0 fully saturated rings. The summed E-state index contributed by atoms with van der Waals surface area (Å²) < 4.78 is 7.32. The molecule has 0 unspecified atom stereocenters. The van der Waals surface area contributed by atoms with E-state index >= 15 is 0 Å². The molecule has 0 saturated carbocycles. The molecule has 3 heterocycles. The van der Waals surface area contributed by atoms with Gasteiger partial charge in [-0.1, -0.05) is 41.9 Å². The Morgan fingerprint density at radius 2 is 2.09 bits per heavy atom.